The first-order valence-corrected chi connectivity index (χ1v) is 6.71. The highest BCUT2D eigenvalue weighted by Gasteiger charge is 2.41. The number of ketones is 1. The number of hydrogen-bond acceptors (Lipinski definition) is 5. The van der Waals surface area contributed by atoms with Crippen LogP contribution in [-0.2, 0) is 4.79 Å². The maximum Gasteiger partial charge on any atom is 0.247 e. The Labute approximate surface area is 110 Å². The minimum atomic E-state index is -0.612. The lowest BCUT2D eigenvalue weighted by Gasteiger charge is -2.44. The molecule has 0 saturated carbocycles. The molecule has 1 aliphatic rings. The molecule has 2 rings (SSSR count). The summed E-state index contributed by atoms with van der Waals surface area (Å²) in [5.41, 5.74) is -0.143. The van der Waals surface area contributed by atoms with E-state index in [-0.39, 0.29) is 11.7 Å². The van der Waals surface area contributed by atoms with Crippen LogP contribution in [0, 0.1) is 0 Å². The molecule has 0 unspecified atom stereocenters. The van der Waals surface area contributed by atoms with Crippen molar-refractivity contribution < 1.29 is 9.59 Å². The second kappa shape index (κ2) is 4.35. The van der Waals surface area contributed by atoms with Crippen LogP contribution < -0.4 is 4.90 Å². The highest BCUT2D eigenvalue weighted by atomic mass is 32.1. The first-order valence-electron chi connectivity index (χ1n) is 5.83. The Bertz CT molecular complexity index is 495. The molecule has 0 N–H and O–H groups in total. The van der Waals surface area contributed by atoms with Gasteiger partial charge in [0.2, 0.25) is 5.91 Å². The number of amides is 1. The maximum atomic E-state index is 12.2. The van der Waals surface area contributed by atoms with Gasteiger partial charge in [0.1, 0.15) is 11.2 Å². The molecule has 1 saturated heterocycles. The molecule has 0 spiro atoms. The first kappa shape index (κ1) is 13.0. The molecule has 0 atom stereocenters. The largest absolute Gasteiger partial charge is 0.342 e. The monoisotopic (exact) mass is 267 g/mol. The Balaban J connectivity index is 2.32. The van der Waals surface area contributed by atoms with Crippen molar-refractivity contribution in [2.75, 3.05) is 25.0 Å². The summed E-state index contributed by atoms with van der Waals surface area (Å²) in [5, 5.41) is 2.49. The second-order valence-electron chi connectivity index (χ2n) is 5.01. The number of likely N-dealkylation sites (N-methyl/N-ethyl adjacent to an activating group) is 1. The average Bonchev–Trinajstić information content (AvgIpc) is 2.75. The van der Waals surface area contributed by atoms with Gasteiger partial charge in [-0.25, -0.2) is 4.98 Å². The summed E-state index contributed by atoms with van der Waals surface area (Å²) < 4.78 is 0. The van der Waals surface area contributed by atoms with Crippen molar-refractivity contribution in [2.45, 2.75) is 26.3 Å². The molecule has 98 valence electrons. The smallest absolute Gasteiger partial charge is 0.247 e. The summed E-state index contributed by atoms with van der Waals surface area (Å²) in [7, 11) is 1.81. The van der Waals surface area contributed by atoms with Gasteiger partial charge in [0.05, 0.1) is 0 Å². The number of carbonyl (C=O) groups excluding carboxylic acids is 2. The third-order valence-corrected chi connectivity index (χ3v) is 4.15. The van der Waals surface area contributed by atoms with Crippen molar-refractivity contribution in [2.24, 2.45) is 0 Å². The number of hydrogen-bond donors (Lipinski definition) is 0. The molecule has 1 aromatic rings. The molecule has 0 aliphatic carbocycles. The standard InChI is InChI=1S/C12H17N3O2S/c1-8(16)9-7-18-11(13-9)15-6-5-14(4)10(17)12(15,2)3/h7H,5-6H2,1-4H3. The van der Waals surface area contributed by atoms with Gasteiger partial charge in [0, 0.05) is 32.4 Å². The van der Waals surface area contributed by atoms with Crippen LogP contribution in [0.3, 0.4) is 0 Å². The van der Waals surface area contributed by atoms with E-state index in [2.05, 4.69) is 4.98 Å². The zero-order valence-corrected chi connectivity index (χ0v) is 11.9. The molecular weight excluding hydrogens is 250 g/mol. The number of aromatic nitrogens is 1. The van der Waals surface area contributed by atoms with Crippen LogP contribution in [-0.4, -0.2) is 47.3 Å². The molecule has 1 aromatic heterocycles. The molecular formula is C12H17N3O2S. The van der Waals surface area contributed by atoms with Crippen LogP contribution >= 0.6 is 11.3 Å². The lowest BCUT2D eigenvalue weighted by atomic mass is 9.99. The van der Waals surface area contributed by atoms with Crippen molar-refractivity contribution in [3.8, 4) is 0 Å². The molecule has 1 amide bonds. The van der Waals surface area contributed by atoms with Crippen molar-refractivity contribution in [3.63, 3.8) is 0 Å². The maximum absolute atomic E-state index is 12.2. The van der Waals surface area contributed by atoms with E-state index in [0.29, 0.717) is 12.2 Å². The van der Waals surface area contributed by atoms with E-state index < -0.39 is 5.54 Å². The topological polar surface area (TPSA) is 53.5 Å². The lowest BCUT2D eigenvalue weighted by molar-refractivity contribution is -0.136. The molecule has 5 nitrogen and oxygen atoms in total. The van der Waals surface area contributed by atoms with Crippen molar-refractivity contribution in [3.05, 3.63) is 11.1 Å². The number of nitrogens with zero attached hydrogens (tertiary/aromatic N) is 3. The highest BCUT2D eigenvalue weighted by molar-refractivity contribution is 7.14. The summed E-state index contributed by atoms with van der Waals surface area (Å²) in [6.07, 6.45) is 0. The number of thiazole rings is 1. The van der Waals surface area contributed by atoms with E-state index in [0.717, 1.165) is 11.7 Å². The molecule has 1 fully saturated rings. The third-order valence-electron chi connectivity index (χ3n) is 3.29. The van der Waals surface area contributed by atoms with E-state index in [1.807, 2.05) is 25.8 Å². The van der Waals surface area contributed by atoms with Crippen LogP contribution in [0.4, 0.5) is 5.13 Å². The van der Waals surface area contributed by atoms with Gasteiger partial charge in [-0.1, -0.05) is 0 Å². The van der Waals surface area contributed by atoms with Crippen molar-refractivity contribution in [1.82, 2.24) is 9.88 Å². The van der Waals surface area contributed by atoms with Crippen LogP contribution in [0.2, 0.25) is 0 Å². The van der Waals surface area contributed by atoms with Crippen LogP contribution in [0.15, 0.2) is 5.38 Å². The SMILES string of the molecule is CC(=O)c1csc(N2CCN(C)C(=O)C2(C)C)n1. The van der Waals surface area contributed by atoms with Gasteiger partial charge >= 0.3 is 0 Å². The summed E-state index contributed by atoms with van der Waals surface area (Å²) >= 11 is 1.41. The van der Waals surface area contributed by atoms with E-state index in [1.54, 1.807) is 10.3 Å². The van der Waals surface area contributed by atoms with Gasteiger partial charge < -0.3 is 9.80 Å². The molecule has 2 heterocycles. The van der Waals surface area contributed by atoms with Crippen LogP contribution in [0.5, 0.6) is 0 Å². The fraction of sp³-hybridized carbons (Fsp3) is 0.583. The van der Waals surface area contributed by atoms with E-state index in [1.165, 1.54) is 18.3 Å². The van der Waals surface area contributed by atoms with E-state index in [4.69, 9.17) is 0 Å². The minimum absolute atomic E-state index is 0.0456. The Hall–Kier alpha value is -1.43. The number of rotatable bonds is 2. The molecule has 0 radical (unpaired) electrons. The molecule has 18 heavy (non-hydrogen) atoms. The number of Topliss-reactive ketones (excluding diaryl/α,β-unsaturated/α-hetero) is 1. The fourth-order valence-electron chi connectivity index (χ4n) is 2.10. The highest BCUT2D eigenvalue weighted by Crippen LogP contribution is 2.30. The molecule has 1 aliphatic heterocycles. The Morgan fingerprint density at radius 3 is 2.67 bits per heavy atom. The summed E-state index contributed by atoms with van der Waals surface area (Å²) in [6, 6.07) is 0. The van der Waals surface area contributed by atoms with Gasteiger partial charge in [-0.3, -0.25) is 9.59 Å². The van der Waals surface area contributed by atoms with Gasteiger partial charge in [0.15, 0.2) is 10.9 Å². The third kappa shape index (κ3) is 2.01. The van der Waals surface area contributed by atoms with Crippen LogP contribution in [0.25, 0.3) is 0 Å². The minimum Gasteiger partial charge on any atom is -0.342 e. The van der Waals surface area contributed by atoms with Crippen LogP contribution in [0.1, 0.15) is 31.3 Å². The quantitative estimate of drug-likeness (QED) is 0.760. The van der Waals surface area contributed by atoms with Gasteiger partial charge in [-0.2, -0.15) is 0 Å². The first-order chi connectivity index (χ1) is 8.34. The Morgan fingerprint density at radius 1 is 1.44 bits per heavy atom. The predicted molar refractivity (Wildman–Crippen MR) is 71.2 cm³/mol. The van der Waals surface area contributed by atoms with Gasteiger partial charge in [-0.05, 0) is 13.8 Å². The van der Waals surface area contributed by atoms with Crippen molar-refractivity contribution in [1.29, 1.82) is 0 Å². The lowest BCUT2D eigenvalue weighted by Crippen LogP contribution is -2.62. The zero-order chi connectivity index (χ0) is 13.5. The molecule has 6 heteroatoms. The number of piperazine rings is 1. The predicted octanol–water partition coefficient (Wildman–Crippen LogP) is 1.40. The van der Waals surface area contributed by atoms with E-state index >= 15 is 0 Å². The normalized spacial score (nSPS) is 19.2. The summed E-state index contributed by atoms with van der Waals surface area (Å²) in [6.45, 7) is 6.69. The molecule has 0 bridgehead atoms. The van der Waals surface area contributed by atoms with Crippen molar-refractivity contribution >= 4 is 28.2 Å². The average molecular weight is 267 g/mol. The fourth-order valence-corrected chi connectivity index (χ4v) is 3.13. The summed E-state index contributed by atoms with van der Waals surface area (Å²) in [4.78, 5) is 31.5. The number of carbonyl (C=O) groups is 2. The second-order valence-corrected chi connectivity index (χ2v) is 5.85. The summed E-state index contributed by atoms with van der Waals surface area (Å²) in [5.74, 6) is 0.0316. The van der Waals surface area contributed by atoms with Gasteiger partial charge in [0.25, 0.3) is 0 Å². The molecule has 0 aromatic carbocycles. The van der Waals surface area contributed by atoms with E-state index in [9.17, 15) is 9.59 Å². The number of anilines is 1. The van der Waals surface area contributed by atoms with Gasteiger partial charge in [-0.15, -0.1) is 11.3 Å². The zero-order valence-electron chi connectivity index (χ0n) is 11.1. The Morgan fingerprint density at radius 2 is 2.11 bits per heavy atom. The Kier molecular flexibility index (Phi) is 3.14.